The minimum Gasteiger partial charge on any atom is -0.504 e. The van der Waals surface area contributed by atoms with Crippen LogP contribution < -0.4 is 10.6 Å². The predicted octanol–water partition coefficient (Wildman–Crippen LogP) is -0.544. The number of aliphatic hydroxyl groups is 1. The standard InChI is InChI=1S/C20H22N2O10/c23-11-1-8(2-12(24)17(11)28)19(30)21-5-10-7-32-15(16(10)27)6-22-20(31)9-3-13(25)18(29)14(26)4-9/h1-4,10,15-16,23-29H,5-7H2,(H,21,30)(H,22,31)/t10-,15-,16+/m1/s1. The van der Waals surface area contributed by atoms with Crippen LogP contribution in [0.1, 0.15) is 20.7 Å². The zero-order valence-electron chi connectivity index (χ0n) is 16.5. The predicted molar refractivity (Wildman–Crippen MR) is 107 cm³/mol. The van der Waals surface area contributed by atoms with Gasteiger partial charge < -0.3 is 51.1 Å². The van der Waals surface area contributed by atoms with E-state index in [2.05, 4.69) is 10.6 Å². The maximum Gasteiger partial charge on any atom is 0.251 e. The molecule has 9 N–H and O–H groups in total. The average molecular weight is 450 g/mol. The van der Waals surface area contributed by atoms with Gasteiger partial charge in [0.05, 0.1) is 12.7 Å². The number of aliphatic hydroxyl groups excluding tert-OH is 1. The normalized spacial score (nSPS) is 20.1. The molecule has 2 aromatic rings. The van der Waals surface area contributed by atoms with Gasteiger partial charge in [-0.3, -0.25) is 9.59 Å². The molecule has 1 saturated heterocycles. The zero-order chi connectivity index (χ0) is 23.6. The first-order valence-corrected chi connectivity index (χ1v) is 9.44. The second-order valence-corrected chi connectivity index (χ2v) is 7.27. The number of carbonyl (C=O) groups excluding carboxylic acids is 2. The molecule has 0 unspecified atom stereocenters. The summed E-state index contributed by atoms with van der Waals surface area (Å²) in [6.45, 7) is -0.0338. The fraction of sp³-hybridized carbons (Fsp3) is 0.300. The number of phenolic OH excluding ortho intramolecular Hbond substituents is 6. The highest BCUT2D eigenvalue weighted by Gasteiger charge is 2.36. The molecule has 3 rings (SSSR count). The van der Waals surface area contributed by atoms with E-state index in [0.717, 1.165) is 24.3 Å². The number of rotatable bonds is 6. The van der Waals surface area contributed by atoms with Crippen LogP contribution in [-0.4, -0.2) is 79.5 Å². The van der Waals surface area contributed by atoms with Crippen molar-refractivity contribution >= 4 is 11.8 Å². The SMILES string of the molecule is O=C(NC[C@@H]1CO[C@H](CNC(=O)c2cc(O)c(O)c(O)c2)[C@H]1O)c1cc(O)c(O)c(O)c1. The Morgan fingerprint density at radius 1 is 0.781 bits per heavy atom. The van der Waals surface area contributed by atoms with Crippen molar-refractivity contribution in [3.63, 3.8) is 0 Å². The van der Waals surface area contributed by atoms with E-state index in [-0.39, 0.29) is 30.8 Å². The number of amides is 2. The lowest BCUT2D eigenvalue weighted by Crippen LogP contribution is -2.41. The molecule has 32 heavy (non-hydrogen) atoms. The van der Waals surface area contributed by atoms with E-state index in [1.54, 1.807) is 0 Å². The van der Waals surface area contributed by atoms with E-state index in [1.807, 2.05) is 0 Å². The highest BCUT2D eigenvalue weighted by Crippen LogP contribution is 2.36. The van der Waals surface area contributed by atoms with Gasteiger partial charge in [0.25, 0.3) is 11.8 Å². The first kappa shape index (κ1) is 22.8. The van der Waals surface area contributed by atoms with Crippen molar-refractivity contribution in [2.45, 2.75) is 12.2 Å². The molecule has 1 aliphatic heterocycles. The van der Waals surface area contributed by atoms with Crippen molar-refractivity contribution in [1.82, 2.24) is 10.6 Å². The largest absolute Gasteiger partial charge is 0.504 e. The van der Waals surface area contributed by atoms with Gasteiger partial charge in [0, 0.05) is 30.1 Å². The number of nitrogens with one attached hydrogen (secondary N) is 2. The van der Waals surface area contributed by atoms with E-state index < -0.39 is 64.4 Å². The topological polar surface area (TPSA) is 209 Å². The quantitative estimate of drug-likeness (QED) is 0.257. The van der Waals surface area contributed by atoms with Crippen LogP contribution in [0, 0.1) is 5.92 Å². The number of phenols is 6. The fourth-order valence-corrected chi connectivity index (χ4v) is 3.20. The Labute approximate surface area is 180 Å². The van der Waals surface area contributed by atoms with Crippen molar-refractivity contribution in [3.05, 3.63) is 35.4 Å². The Balaban J connectivity index is 1.52. The summed E-state index contributed by atoms with van der Waals surface area (Å²) >= 11 is 0. The molecule has 3 atom stereocenters. The lowest BCUT2D eigenvalue weighted by atomic mass is 10.0. The number of hydrogen-bond acceptors (Lipinski definition) is 10. The van der Waals surface area contributed by atoms with Crippen LogP contribution in [0.4, 0.5) is 0 Å². The number of carbonyl (C=O) groups is 2. The summed E-state index contributed by atoms with van der Waals surface area (Å²) < 4.78 is 5.45. The minimum atomic E-state index is -1.04. The van der Waals surface area contributed by atoms with Gasteiger partial charge in [-0.2, -0.15) is 0 Å². The molecule has 1 aliphatic rings. The maximum atomic E-state index is 12.2. The van der Waals surface area contributed by atoms with Gasteiger partial charge in [-0.05, 0) is 24.3 Å². The van der Waals surface area contributed by atoms with Crippen LogP contribution in [-0.2, 0) is 4.74 Å². The van der Waals surface area contributed by atoms with Gasteiger partial charge >= 0.3 is 0 Å². The van der Waals surface area contributed by atoms with Crippen LogP contribution in [0.25, 0.3) is 0 Å². The summed E-state index contributed by atoms with van der Waals surface area (Å²) in [6, 6.07) is 3.88. The fourth-order valence-electron chi connectivity index (χ4n) is 3.20. The summed E-state index contributed by atoms with van der Waals surface area (Å²) in [4.78, 5) is 24.4. The van der Waals surface area contributed by atoms with Gasteiger partial charge in [0.1, 0.15) is 6.10 Å². The molecule has 0 aromatic heterocycles. The Morgan fingerprint density at radius 3 is 1.62 bits per heavy atom. The first-order valence-electron chi connectivity index (χ1n) is 9.44. The smallest absolute Gasteiger partial charge is 0.251 e. The van der Waals surface area contributed by atoms with Crippen LogP contribution in [0.3, 0.4) is 0 Å². The van der Waals surface area contributed by atoms with E-state index >= 15 is 0 Å². The summed E-state index contributed by atoms with van der Waals surface area (Å²) in [5.74, 6) is -6.02. The number of aromatic hydroxyl groups is 6. The van der Waals surface area contributed by atoms with Crippen molar-refractivity contribution in [2.24, 2.45) is 5.92 Å². The highest BCUT2D eigenvalue weighted by molar-refractivity contribution is 5.96. The minimum absolute atomic E-state index is 0.00739. The average Bonchev–Trinajstić information content (AvgIpc) is 3.10. The molecule has 12 nitrogen and oxygen atoms in total. The van der Waals surface area contributed by atoms with Gasteiger partial charge in [0.15, 0.2) is 34.5 Å². The highest BCUT2D eigenvalue weighted by atomic mass is 16.5. The second kappa shape index (κ2) is 9.08. The Morgan fingerprint density at radius 2 is 1.19 bits per heavy atom. The summed E-state index contributed by atoms with van der Waals surface area (Å²) in [5.41, 5.74) is -0.218. The van der Waals surface area contributed by atoms with Gasteiger partial charge in [-0.15, -0.1) is 0 Å². The summed E-state index contributed by atoms with van der Waals surface area (Å²) in [7, 11) is 0. The van der Waals surface area contributed by atoms with E-state index in [1.165, 1.54) is 0 Å². The molecule has 2 amide bonds. The van der Waals surface area contributed by atoms with Crippen molar-refractivity contribution in [1.29, 1.82) is 0 Å². The molecule has 12 heteroatoms. The third-order valence-corrected chi connectivity index (χ3v) is 5.04. The van der Waals surface area contributed by atoms with Gasteiger partial charge in [-0.1, -0.05) is 0 Å². The Hall–Kier alpha value is -3.90. The van der Waals surface area contributed by atoms with Crippen LogP contribution >= 0.6 is 0 Å². The molecule has 172 valence electrons. The Bertz CT molecular complexity index is 914. The van der Waals surface area contributed by atoms with E-state index in [9.17, 15) is 45.3 Å². The first-order chi connectivity index (χ1) is 15.1. The zero-order valence-corrected chi connectivity index (χ0v) is 16.5. The lowest BCUT2D eigenvalue weighted by Gasteiger charge is -2.18. The van der Waals surface area contributed by atoms with Crippen molar-refractivity contribution in [3.8, 4) is 34.5 Å². The third kappa shape index (κ3) is 4.71. The monoisotopic (exact) mass is 450 g/mol. The molecule has 0 aliphatic carbocycles. The molecule has 0 saturated carbocycles. The Kier molecular flexibility index (Phi) is 6.46. The second-order valence-electron chi connectivity index (χ2n) is 7.27. The molecular formula is C20H22N2O10. The van der Waals surface area contributed by atoms with Crippen molar-refractivity contribution in [2.75, 3.05) is 19.7 Å². The number of hydrogen-bond donors (Lipinski definition) is 9. The van der Waals surface area contributed by atoms with E-state index in [0.29, 0.717) is 0 Å². The van der Waals surface area contributed by atoms with Crippen molar-refractivity contribution < 1.29 is 50.1 Å². The molecular weight excluding hydrogens is 428 g/mol. The molecule has 1 fully saturated rings. The van der Waals surface area contributed by atoms with Crippen LogP contribution in [0.5, 0.6) is 34.5 Å². The number of benzene rings is 2. The van der Waals surface area contributed by atoms with Crippen LogP contribution in [0.15, 0.2) is 24.3 Å². The molecule has 0 radical (unpaired) electrons. The number of ether oxygens (including phenoxy) is 1. The van der Waals surface area contributed by atoms with Crippen LogP contribution in [0.2, 0.25) is 0 Å². The lowest BCUT2D eigenvalue weighted by molar-refractivity contribution is 0.0384. The van der Waals surface area contributed by atoms with E-state index in [4.69, 9.17) is 4.74 Å². The molecule has 0 spiro atoms. The third-order valence-electron chi connectivity index (χ3n) is 5.04. The summed E-state index contributed by atoms with van der Waals surface area (Å²) in [5, 5.41) is 72.0. The van der Waals surface area contributed by atoms with Gasteiger partial charge in [0.2, 0.25) is 0 Å². The molecule has 1 heterocycles. The molecule has 0 bridgehead atoms. The molecule has 2 aromatic carbocycles. The maximum absolute atomic E-state index is 12.2. The summed E-state index contributed by atoms with van der Waals surface area (Å²) in [6.07, 6.45) is -1.83. The van der Waals surface area contributed by atoms with Gasteiger partial charge in [-0.25, -0.2) is 0 Å².